The van der Waals surface area contributed by atoms with E-state index in [0.717, 1.165) is 13.0 Å². The Morgan fingerprint density at radius 1 is 1.50 bits per heavy atom. The third-order valence-corrected chi connectivity index (χ3v) is 5.62. The molecule has 0 aromatic carbocycles. The van der Waals surface area contributed by atoms with E-state index in [1.165, 1.54) is 9.77 Å². The molecule has 2 heterocycles. The highest BCUT2D eigenvalue weighted by Crippen LogP contribution is 2.43. The van der Waals surface area contributed by atoms with Gasteiger partial charge < -0.3 is 15.4 Å². The van der Waals surface area contributed by atoms with Crippen molar-refractivity contribution in [3.63, 3.8) is 0 Å². The zero-order chi connectivity index (χ0) is 14.4. The summed E-state index contributed by atoms with van der Waals surface area (Å²) in [7, 11) is 1.63. The molecule has 1 amide bonds. The molecule has 2 N–H and O–H groups in total. The number of ether oxygens (including phenoxy) is 1. The van der Waals surface area contributed by atoms with Crippen molar-refractivity contribution in [2.45, 2.75) is 35.3 Å². The molecule has 0 saturated carbocycles. The predicted molar refractivity (Wildman–Crippen MR) is 84.5 cm³/mol. The maximum atomic E-state index is 11.6. The first kappa shape index (κ1) is 15.8. The SMILES string of the molecule is COCCNC(=O)CCNC1C[C@H](C)Sc2sccc21. The molecule has 0 aliphatic carbocycles. The largest absolute Gasteiger partial charge is 0.383 e. The summed E-state index contributed by atoms with van der Waals surface area (Å²) in [4.78, 5) is 11.6. The number of amides is 1. The summed E-state index contributed by atoms with van der Waals surface area (Å²) in [5, 5.41) is 9.14. The van der Waals surface area contributed by atoms with E-state index in [4.69, 9.17) is 4.74 Å². The molecule has 0 spiro atoms. The van der Waals surface area contributed by atoms with Crippen LogP contribution in [0.5, 0.6) is 0 Å². The zero-order valence-electron chi connectivity index (χ0n) is 12.0. The quantitative estimate of drug-likeness (QED) is 0.759. The van der Waals surface area contributed by atoms with Crippen LogP contribution in [0.25, 0.3) is 0 Å². The Bertz CT molecular complexity index is 437. The molecule has 112 valence electrons. The second-order valence-electron chi connectivity index (χ2n) is 4.93. The number of nitrogens with one attached hydrogen (secondary N) is 2. The number of carbonyl (C=O) groups is 1. The fourth-order valence-corrected chi connectivity index (χ4v) is 4.85. The Labute approximate surface area is 128 Å². The highest BCUT2D eigenvalue weighted by Gasteiger charge is 2.25. The lowest BCUT2D eigenvalue weighted by Crippen LogP contribution is -2.32. The number of fused-ring (bicyclic) bond motifs is 1. The van der Waals surface area contributed by atoms with E-state index in [1.54, 1.807) is 7.11 Å². The van der Waals surface area contributed by atoms with E-state index >= 15 is 0 Å². The van der Waals surface area contributed by atoms with E-state index < -0.39 is 0 Å². The number of hydrogen-bond donors (Lipinski definition) is 2. The molecule has 0 radical (unpaired) electrons. The molecule has 2 atom stereocenters. The first-order chi connectivity index (χ1) is 9.70. The highest BCUT2D eigenvalue weighted by molar-refractivity contribution is 8.01. The fourth-order valence-electron chi connectivity index (χ4n) is 2.28. The number of thioether (sulfide) groups is 1. The second-order valence-corrected chi connectivity index (χ2v) is 7.55. The number of carbonyl (C=O) groups excluding carboxylic acids is 1. The maximum absolute atomic E-state index is 11.6. The molecule has 1 aliphatic heterocycles. The minimum absolute atomic E-state index is 0.0818. The van der Waals surface area contributed by atoms with Gasteiger partial charge in [0.25, 0.3) is 0 Å². The van der Waals surface area contributed by atoms with Crippen LogP contribution in [-0.2, 0) is 9.53 Å². The van der Waals surface area contributed by atoms with Crippen molar-refractivity contribution in [2.75, 3.05) is 26.8 Å². The van der Waals surface area contributed by atoms with Crippen molar-refractivity contribution in [2.24, 2.45) is 0 Å². The topological polar surface area (TPSA) is 50.4 Å². The first-order valence-electron chi connectivity index (χ1n) is 6.93. The van der Waals surface area contributed by atoms with E-state index in [2.05, 4.69) is 29.0 Å². The van der Waals surface area contributed by atoms with Crippen molar-refractivity contribution < 1.29 is 9.53 Å². The molecule has 1 unspecified atom stereocenters. The van der Waals surface area contributed by atoms with Crippen LogP contribution in [-0.4, -0.2) is 38.0 Å². The lowest BCUT2D eigenvalue weighted by molar-refractivity contribution is -0.121. The minimum Gasteiger partial charge on any atom is -0.383 e. The van der Waals surface area contributed by atoms with Crippen LogP contribution in [0.15, 0.2) is 15.7 Å². The summed E-state index contributed by atoms with van der Waals surface area (Å²) >= 11 is 3.78. The Morgan fingerprint density at radius 2 is 2.35 bits per heavy atom. The van der Waals surface area contributed by atoms with Gasteiger partial charge in [0.2, 0.25) is 5.91 Å². The molecule has 1 aromatic rings. The van der Waals surface area contributed by atoms with Crippen molar-refractivity contribution >= 4 is 29.0 Å². The van der Waals surface area contributed by atoms with E-state index in [0.29, 0.717) is 30.9 Å². The molecule has 0 fully saturated rings. The average molecular weight is 314 g/mol. The highest BCUT2D eigenvalue weighted by atomic mass is 32.2. The van der Waals surface area contributed by atoms with Crippen molar-refractivity contribution in [1.82, 2.24) is 10.6 Å². The Balaban J connectivity index is 1.73. The van der Waals surface area contributed by atoms with Crippen LogP contribution in [0, 0.1) is 0 Å². The summed E-state index contributed by atoms with van der Waals surface area (Å²) in [6, 6.07) is 2.59. The summed E-state index contributed by atoms with van der Waals surface area (Å²) in [6.45, 7) is 4.13. The third kappa shape index (κ3) is 4.48. The normalized spacial score (nSPS) is 21.5. The van der Waals surface area contributed by atoms with Crippen molar-refractivity contribution in [1.29, 1.82) is 0 Å². The van der Waals surface area contributed by atoms with Gasteiger partial charge in [-0.1, -0.05) is 6.92 Å². The van der Waals surface area contributed by atoms with Crippen LogP contribution in [0.1, 0.15) is 31.4 Å². The Hall–Kier alpha value is -0.560. The Morgan fingerprint density at radius 3 is 3.15 bits per heavy atom. The number of methoxy groups -OCH3 is 1. The molecule has 1 aliphatic rings. The molecular formula is C14H22N2O2S2. The zero-order valence-corrected chi connectivity index (χ0v) is 13.6. The van der Waals surface area contributed by atoms with Gasteiger partial charge in [0.1, 0.15) is 0 Å². The van der Waals surface area contributed by atoms with Gasteiger partial charge in [-0.25, -0.2) is 0 Å². The third-order valence-electron chi connectivity index (χ3n) is 3.28. The monoisotopic (exact) mass is 314 g/mol. The van der Waals surface area contributed by atoms with Crippen molar-refractivity contribution in [3.8, 4) is 0 Å². The van der Waals surface area contributed by atoms with Gasteiger partial charge in [0.15, 0.2) is 0 Å². The van der Waals surface area contributed by atoms with Crippen molar-refractivity contribution in [3.05, 3.63) is 17.0 Å². The predicted octanol–water partition coefficient (Wildman–Crippen LogP) is 2.42. The summed E-state index contributed by atoms with van der Waals surface area (Å²) in [5.41, 5.74) is 1.40. The Kier molecular flexibility index (Phi) is 6.35. The van der Waals surface area contributed by atoms with Gasteiger partial charge in [-0.05, 0) is 23.4 Å². The number of hydrogen-bond acceptors (Lipinski definition) is 5. The van der Waals surface area contributed by atoms with Gasteiger partial charge in [-0.2, -0.15) is 0 Å². The molecular weight excluding hydrogens is 292 g/mol. The van der Waals surface area contributed by atoms with Gasteiger partial charge in [0, 0.05) is 37.9 Å². The first-order valence-corrected chi connectivity index (χ1v) is 8.69. The number of thiophene rings is 1. The molecule has 0 bridgehead atoms. The van der Waals surface area contributed by atoms with E-state index in [1.807, 2.05) is 23.1 Å². The number of rotatable bonds is 7. The van der Waals surface area contributed by atoms with Crippen LogP contribution in [0.4, 0.5) is 0 Å². The van der Waals surface area contributed by atoms with Gasteiger partial charge >= 0.3 is 0 Å². The van der Waals surface area contributed by atoms with Crippen LogP contribution < -0.4 is 10.6 Å². The van der Waals surface area contributed by atoms with Crippen LogP contribution >= 0.6 is 23.1 Å². The molecule has 0 saturated heterocycles. The molecule has 4 nitrogen and oxygen atoms in total. The summed E-state index contributed by atoms with van der Waals surface area (Å²) in [6.07, 6.45) is 1.64. The lowest BCUT2D eigenvalue weighted by Gasteiger charge is -2.27. The van der Waals surface area contributed by atoms with Gasteiger partial charge in [-0.3, -0.25) is 4.79 Å². The minimum atomic E-state index is 0.0818. The maximum Gasteiger partial charge on any atom is 0.221 e. The summed E-state index contributed by atoms with van der Waals surface area (Å²) in [5.74, 6) is 0.0818. The van der Waals surface area contributed by atoms with Gasteiger partial charge in [0.05, 0.1) is 10.8 Å². The fraction of sp³-hybridized carbons (Fsp3) is 0.643. The molecule has 20 heavy (non-hydrogen) atoms. The van der Waals surface area contributed by atoms with Crippen LogP contribution in [0.3, 0.4) is 0 Å². The van der Waals surface area contributed by atoms with E-state index in [9.17, 15) is 4.79 Å². The smallest absolute Gasteiger partial charge is 0.221 e. The molecule has 1 aromatic heterocycles. The van der Waals surface area contributed by atoms with Gasteiger partial charge in [-0.15, -0.1) is 23.1 Å². The van der Waals surface area contributed by atoms with E-state index in [-0.39, 0.29) is 5.91 Å². The molecule has 2 rings (SSSR count). The average Bonchev–Trinajstić information content (AvgIpc) is 2.87. The second kappa shape index (κ2) is 8.02. The lowest BCUT2D eigenvalue weighted by atomic mass is 10.0. The summed E-state index contributed by atoms with van der Waals surface area (Å²) < 4.78 is 6.32. The standard InChI is InChI=1S/C14H22N2O2S2/c1-10-9-12(11-4-8-19-14(11)20-10)15-5-3-13(17)16-6-7-18-2/h4,8,10,12,15H,3,5-7,9H2,1-2H3,(H,16,17)/t10-,12?/m0/s1. The molecule has 6 heteroatoms. The van der Waals surface area contributed by atoms with Crippen LogP contribution in [0.2, 0.25) is 0 Å².